The highest BCUT2D eigenvalue weighted by Crippen LogP contribution is 2.27. The van der Waals surface area contributed by atoms with Crippen LogP contribution in [-0.4, -0.2) is 25.4 Å². The van der Waals surface area contributed by atoms with Gasteiger partial charge in [-0.05, 0) is 36.6 Å². The standard InChI is InChI=1S/C18H18N2O2/c1-19(15-10-3-2-4-11-15)17(21)18(22)20-13-7-9-14-8-5-6-12-16(14)20/h2-6,8,10-12H,7,9,13H2,1H3. The number of amides is 2. The fraction of sp³-hybridized carbons (Fsp3) is 0.222. The number of anilines is 2. The average Bonchev–Trinajstić information content (AvgIpc) is 2.60. The molecule has 2 amide bonds. The Morgan fingerprint density at radius 3 is 2.45 bits per heavy atom. The number of carbonyl (C=O) groups excluding carboxylic acids is 2. The molecule has 1 aliphatic heterocycles. The molecule has 0 N–H and O–H groups in total. The van der Waals surface area contributed by atoms with Crippen molar-refractivity contribution in [3.8, 4) is 0 Å². The highest BCUT2D eigenvalue weighted by Gasteiger charge is 2.29. The van der Waals surface area contributed by atoms with E-state index in [4.69, 9.17) is 0 Å². The Morgan fingerprint density at radius 2 is 1.68 bits per heavy atom. The highest BCUT2D eigenvalue weighted by molar-refractivity contribution is 6.44. The van der Waals surface area contributed by atoms with Gasteiger partial charge in [0.05, 0.1) is 0 Å². The maximum absolute atomic E-state index is 12.6. The van der Waals surface area contributed by atoms with Crippen LogP contribution in [0.2, 0.25) is 0 Å². The van der Waals surface area contributed by atoms with Gasteiger partial charge in [-0.2, -0.15) is 0 Å². The van der Waals surface area contributed by atoms with Gasteiger partial charge in [0.25, 0.3) is 0 Å². The van der Waals surface area contributed by atoms with Crippen LogP contribution in [0.25, 0.3) is 0 Å². The van der Waals surface area contributed by atoms with Crippen LogP contribution in [0, 0.1) is 0 Å². The number of rotatable bonds is 1. The fourth-order valence-corrected chi connectivity index (χ4v) is 2.77. The summed E-state index contributed by atoms with van der Waals surface area (Å²) in [6, 6.07) is 17.0. The van der Waals surface area contributed by atoms with Gasteiger partial charge in [-0.3, -0.25) is 9.59 Å². The van der Waals surface area contributed by atoms with E-state index >= 15 is 0 Å². The molecule has 3 rings (SSSR count). The van der Waals surface area contributed by atoms with Crippen molar-refractivity contribution < 1.29 is 9.59 Å². The number of hydrogen-bond acceptors (Lipinski definition) is 2. The topological polar surface area (TPSA) is 40.6 Å². The van der Waals surface area contributed by atoms with Gasteiger partial charge in [0, 0.05) is 25.0 Å². The second kappa shape index (κ2) is 6.02. The van der Waals surface area contributed by atoms with Crippen molar-refractivity contribution in [1.29, 1.82) is 0 Å². The fourth-order valence-electron chi connectivity index (χ4n) is 2.77. The highest BCUT2D eigenvalue weighted by atomic mass is 16.2. The monoisotopic (exact) mass is 294 g/mol. The van der Waals surface area contributed by atoms with Gasteiger partial charge in [-0.15, -0.1) is 0 Å². The van der Waals surface area contributed by atoms with Crippen LogP contribution in [0.4, 0.5) is 11.4 Å². The summed E-state index contributed by atoms with van der Waals surface area (Å²) in [6.45, 7) is 0.588. The summed E-state index contributed by atoms with van der Waals surface area (Å²) in [5.74, 6) is -0.985. The van der Waals surface area contributed by atoms with Crippen LogP contribution in [0.5, 0.6) is 0 Å². The predicted octanol–water partition coefficient (Wildman–Crippen LogP) is 2.63. The minimum Gasteiger partial charge on any atom is -0.307 e. The van der Waals surface area contributed by atoms with Gasteiger partial charge < -0.3 is 9.80 Å². The Hall–Kier alpha value is -2.62. The lowest BCUT2D eigenvalue weighted by Gasteiger charge is -2.30. The zero-order chi connectivity index (χ0) is 15.5. The summed E-state index contributed by atoms with van der Waals surface area (Å²) in [5.41, 5.74) is 2.69. The van der Waals surface area contributed by atoms with E-state index in [0.717, 1.165) is 24.1 Å². The van der Waals surface area contributed by atoms with Crippen LogP contribution < -0.4 is 9.80 Å². The van der Waals surface area contributed by atoms with E-state index in [1.807, 2.05) is 54.6 Å². The van der Waals surface area contributed by atoms with E-state index < -0.39 is 11.8 Å². The second-order valence-corrected chi connectivity index (χ2v) is 5.39. The van der Waals surface area contributed by atoms with Gasteiger partial charge >= 0.3 is 11.8 Å². The Morgan fingerprint density at radius 1 is 1.00 bits per heavy atom. The Bertz CT molecular complexity index is 697. The third kappa shape index (κ3) is 2.60. The first-order valence-corrected chi connectivity index (χ1v) is 7.41. The van der Waals surface area contributed by atoms with Crippen LogP contribution in [0.3, 0.4) is 0 Å². The number of fused-ring (bicyclic) bond motifs is 1. The molecule has 112 valence electrons. The maximum atomic E-state index is 12.6. The van der Waals surface area contributed by atoms with Crippen LogP contribution in [0.15, 0.2) is 54.6 Å². The molecule has 2 aromatic rings. The molecule has 0 bridgehead atoms. The van der Waals surface area contributed by atoms with Gasteiger partial charge in [-0.25, -0.2) is 0 Å². The molecule has 0 aromatic heterocycles. The normalized spacial score (nSPS) is 13.4. The minimum absolute atomic E-state index is 0.474. The number of likely N-dealkylation sites (N-methyl/N-ethyl adjacent to an activating group) is 1. The first kappa shape index (κ1) is 14.3. The molecule has 0 fully saturated rings. The molecule has 2 aromatic carbocycles. The summed E-state index contributed by atoms with van der Waals surface area (Å²) in [6.07, 6.45) is 1.83. The van der Waals surface area contributed by atoms with E-state index in [9.17, 15) is 9.59 Å². The molecule has 0 radical (unpaired) electrons. The summed E-state index contributed by atoms with van der Waals surface area (Å²) in [4.78, 5) is 28.1. The molecule has 0 unspecified atom stereocenters. The number of para-hydroxylation sites is 2. The van der Waals surface area contributed by atoms with Gasteiger partial charge in [0.1, 0.15) is 0 Å². The largest absolute Gasteiger partial charge is 0.316 e. The third-order valence-electron chi connectivity index (χ3n) is 3.99. The lowest BCUT2D eigenvalue weighted by atomic mass is 10.0. The number of hydrogen-bond donors (Lipinski definition) is 0. The average molecular weight is 294 g/mol. The van der Waals surface area contributed by atoms with E-state index in [1.54, 1.807) is 11.9 Å². The quantitative estimate of drug-likeness (QED) is 0.759. The van der Waals surface area contributed by atoms with E-state index in [0.29, 0.717) is 12.2 Å². The van der Waals surface area contributed by atoms with Crippen molar-refractivity contribution in [2.45, 2.75) is 12.8 Å². The number of benzene rings is 2. The second-order valence-electron chi connectivity index (χ2n) is 5.39. The van der Waals surface area contributed by atoms with Crippen molar-refractivity contribution in [2.75, 3.05) is 23.4 Å². The summed E-state index contributed by atoms with van der Waals surface area (Å²) >= 11 is 0. The Labute approximate surface area is 130 Å². The zero-order valence-electron chi connectivity index (χ0n) is 12.5. The molecule has 4 nitrogen and oxygen atoms in total. The molecular weight excluding hydrogens is 276 g/mol. The molecule has 0 saturated carbocycles. The molecule has 0 spiro atoms. The van der Waals surface area contributed by atoms with Gasteiger partial charge in [0.15, 0.2) is 0 Å². The lowest BCUT2D eigenvalue weighted by molar-refractivity contribution is -0.135. The Kier molecular flexibility index (Phi) is 3.92. The van der Waals surface area contributed by atoms with Crippen molar-refractivity contribution in [3.05, 3.63) is 60.2 Å². The van der Waals surface area contributed by atoms with Crippen molar-refractivity contribution in [2.24, 2.45) is 0 Å². The van der Waals surface area contributed by atoms with Crippen LogP contribution in [-0.2, 0) is 16.0 Å². The Balaban J connectivity index is 1.84. The maximum Gasteiger partial charge on any atom is 0.316 e. The first-order valence-electron chi connectivity index (χ1n) is 7.41. The zero-order valence-corrected chi connectivity index (χ0v) is 12.5. The number of carbonyl (C=O) groups is 2. The van der Waals surface area contributed by atoms with Crippen molar-refractivity contribution in [3.63, 3.8) is 0 Å². The number of nitrogens with zero attached hydrogens (tertiary/aromatic N) is 2. The van der Waals surface area contributed by atoms with Gasteiger partial charge in [0.2, 0.25) is 0 Å². The molecule has 0 aliphatic carbocycles. The smallest absolute Gasteiger partial charge is 0.307 e. The lowest BCUT2D eigenvalue weighted by Crippen LogP contribution is -2.46. The molecule has 0 atom stereocenters. The van der Waals surface area contributed by atoms with E-state index in [1.165, 1.54) is 4.90 Å². The molecular formula is C18H18N2O2. The van der Waals surface area contributed by atoms with Crippen molar-refractivity contribution in [1.82, 2.24) is 0 Å². The predicted molar refractivity (Wildman–Crippen MR) is 87.0 cm³/mol. The summed E-state index contributed by atoms with van der Waals surface area (Å²) in [5, 5.41) is 0. The van der Waals surface area contributed by atoms with Gasteiger partial charge in [-0.1, -0.05) is 36.4 Å². The summed E-state index contributed by atoms with van der Waals surface area (Å²) in [7, 11) is 1.63. The first-order chi connectivity index (χ1) is 10.7. The van der Waals surface area contributed by atoms with Crippen LogP contribution in [0.1, 0.15) is 12.0 Å². The molecule has 1 heterocycles. The molecule has 22 heavy (non-hydrogen) atoms. The van der Waals surface area contributed by atoms with Crippen LogP contribution >= 0.6 is 0 Å². The van der Waals surface area contributed by atoms with Crippen molar-refractivity contribution >= 4 is 23.2 Å². The molecule has 4 heteroatoms. The number of aryl methyl sites for hydroxylation is 1. The summed E-state index contributed by atoms with van der Waals surface area (Å²) < 4.78 is 0. The third-order valence-corrected chi connectivity index (χ3v) is 3.99. The molecule has 0 saturated heterocycles. The molecule has 1 aliphatic rings. The van der Waals surface area contributed by atoms with E-state index in [2.05, 4.69) is 0 Å². The van der Waals surface area contributed by atoms with E-state index in [-0.39, 0.29) is 0 Å². The minimum atomic E-state index is -0.511. The SMILES string of the molecule is CN(C(=O)C(=O)N1CCCc2ccccc21)c1ccccc1.